The summed E-state index contributed by atoms with van der Waals surface area (Å²) < 4.78 is 75.5. The van der Waals surface area contributed by atoms with E-state index in [4.69, 9.17) is 4.74 Å². The van der Waals surface area contributed by atoms with E-state index in [-0.39, 0.29) is 22.7 Å². The largest absolute Gasteiger partial charge is 0.497 e. The average Bonchev–Trinajstić information content (AvgIpc) is 3.51. The fourth-order valence-corrected chi connectivity index (χ4v) is 3.24. The molecule has 9 heteroatoms. The van der Waals surface area contributed by atoms with Gasteiger partial charge in [-0.2, -0.15) is 0 Å². The summed E-state index contributed by atoms with van der Waals surface area (Å²) in [5.74, 6) is -10.3. The van der Waals surface area contributed by atoms with Crippen LogP contribution < -0.4 is 4.74 Å². The third-order valence-corrected chi connectivity index (χ3v) is 4.82. The monoisotopic (exact) mass is 444 g/mol. The first-order valence-electron chi connectivity index (χ1n) is 9.18. The van der Waals surface area contributed by atoms with E-state index >= 15 is 0 Å². The first-order valence-corrected chi connectivity index (χ1v) is 9.18. The average molecular weight is 444 g/mol. The summed E-state index contributed by atoms with van der Waals surface area (Å²) in [6.07, 6.45) is 4.08. The highest BCUT2D eigenvalue weighted by Gasteiger charge is 2.30. The summed E-state index contributed by atoms with van der Waals surface area (Å²) in [6.45, 7) is 0. The van der Waals surface area contributed by atoms with Crippen molar-refractivity contribution >= 4 is 17.6 Å². The minimum atomic E-state index is -2.26. The number of carbonyl (C=O) groups excluding carboxylic acids is 1. The van der Waals surface area contributed by atoms with Crippen LogP contribution in [0.2, 0.25) is 0 Å². The van der Waals surface area contributed by atoms with Gasteiger partial charge >= 0.3 is 0 Å². The number of H-pyrrole nitrogens is 1. The van der Waals surface area contributed by atoms with E-state index in [1.807, 2.05) is 0 Å². The van der Waals surface area contributed by atoms with Crippen molar-refractivity contribution in [1.29, 1.82) is 0 Å². The number of hydrogen-bond donors (Lipinski definition) is 1. The van der Waals surface area contributed by atoms with Gasteiger partial charge in [-0.15, -0.1) is 0 Å². The third kappa shape index (κ3) is 3.51. The van der Waals surface area contributed by atoms with Crippen LogP contribution in [0.5, 0.6) is 5.75 Å². The van der Waals surface area contributed by atoms with Crippen molar-refractivity contribution in [1.82, 2.24) is 4.98 Å². The van der Waals surface area contributed by atoms with Crippen LogP contribution in [-0.4, -0.2) is 24.1 Å². The zero-order valence-electron chi connectivity index (χ0n) is 16.3. The van der Waals surface area contributed by atoms with Crippen molar-refractivity contribution in [2.24, 2.45) is 4.99 Å². The zero-order valence-corrected chi connectivity index (χ0v) is 16.3. The summed E-state index contributed by atoms with van der Waals surface area (Å²) in [5.41, 5.74) is -1.29. The quantitative estimate of drug-likeness (QED) is 0.250. The molecule has 2 aromatic carbocycles. The highest BCUT2D eigenvalue weighted by Crippen LogP contribution is 2.35. The van der Waals surface area contributed by atoms with Gasteiger partial charge in [0.2, 0.25) is 11.6 Å². The Bertz CT molecular complexity index is 1280. The molecule has 0 amide bonds. The Kier molecular flexibility index (Phi) is 5.48. The fraction of sp³-hybridized carbons (Fsp3) is 0.0435. The summed E-state index contributed by atoms with van der Waals surface area (Å²) in [4.78, 5) is 19.4. The zero-order chi connectivity index (χ0) is 23.0. The number of allylic oxidation sites excluding steroid dienone is 2. The first-order chi connectivity index (χ1) is 15.3. The minimum absolute atomic E-state index is 0.0399. The second kappa shape index (κ2) is 8.26. The molecule has 3 aromatic rings. The molecule has 0 bridgehead atoms. The summed E-state index contributed by atoms with van der Waals surface area (Å²) in [6, 6.07) is 8.86. The van der Waals surface area contributed by atoms with Crippen LogP contribution in [-0.2, 0) is 0 Å². The number of nitrogens with one attached hydrogen (secondary N) is 1. The van der Waals surface area contributed by atoms with Crippen molar-refractivity contribution < 1.29 is 31.5 Å². The van der Waals surface area contributed by atoms with Crippen LogP contribution in [0.3, 0.4) is 0 Å². The Morgan fingerprint density at radius 3 is 2.00 bits per heavy atom. The molecular weight excluding hydrogens is 431 g/mol. The van der Waals surface area contributed by atoms with E-state index in [2.05, 4.69) is 9.98 Å². The van der Waals surface area contributed by atoms with Crippen molar-refractivity contribution in [2.45, 2.75) is 0 Å². The van der Waals surface area contributed by atoms with Crippen molar-refractivity contribution in [2.75, 3.05) is 7.11 Å². The number of halogens is 5. The van der Waals surface area contributed by atoms with Gasteiger partial charge in [-0.05, 0) is 48.6 Å². The van der Waals surface area contributed by atoms with Crippen LogP contribution in [0.25, 0.3) is 5.57 Å². The van der Waals surface area contributed by atoms with E-state index in [1.54, 1.807) is 12.1 Å². The molecule has 0 unspecified atom stereocenters. The molecule has 1 N–H and O–H groups in total. The van der Waals surface area contributed by atoms with Crippen LogP contribution >= 0.6 is 0 Å². The summed E-state index contributed by atoms with van der Waals surface area (Å²) >= 11 is 0. The number of ether oxygens (including phenoxy) is 1. The normalized spacial score (nSPS) is 14.2. The third-order valence-electron chi connectivity index (χ3n) is 4.82. The van der Waals surface area contributed by atoms with Gasteiger partial charge in [0.1, 0.15) is 5.75 Å². The molecule has 162 valence electrons. The molecule has 32 heavy (non-hydrogen) atoms. The highest BCUT2D eigenvalue weighted by molar-refractivity contribution is 6.08. The van der Waals surface area contributed by atoms with Gasteiger partial charge in [-0.3, -0.25) is 9.79 Å². The molecule has 0 fully saturated rings. The molecule has 4 rings (SSSR count). The summed E-state index contributed by atoms with van der Waals surface area (Å²) in [7, 11) is 1.47. The maximum absolute atomic E-state index is 14.6. The number of methoxy groups -OCH3 is 1. The van der Waals surface area contributed by atoms with Gasteiger partial charge < -0.3 is 9.72 Å². The van der Waals surface area contributed by atoms with Crippen molar-refractivity contribution in [3.05, 3.63) is 106 Å². The molecule has 0 aliphatic carbocycles. The molecule has 0 atom stereocenters. The van der Waals surface area contributed by atoms with Gasteiger partial charge in [-0.25, -0.2) is 22.0 Å². The Morgan fingerprint density at radius 1 is 0.844 bits per heavy atom. The predicted octanol–water partition coefficient (Wildman–Crippen LogP) is 5.35. The Balaban J connectivity index is 1.84. The molecule has 0 spiro atoms. The van der Waals surface area contributed by atoms with Gasteiger partial charge in [0.05, 0.1) is 24.1 Å². The number of nitrogens with zero attached hydrogens (tertiary/aromatic N) is 1. The number of hydrogen-bond acceptors (Lipinski definition) is 3. The lowest BCUT2D eigenvalue weighted by Crippen LogP contribution is -2.09. The van der Waals surface area contributed by atoms with Gasteiger partial charge in [-0.1, -0.05) is 0 Å². The maximum atomic E-state index is 14.6. The topological polar surface area (TPSA) is 54.4 Å². The number of benzene rings is 2. The van der Waals surface area contributed by atoms with Gasteiger partial charge in [0.15, 0.2) is 23.3 Å². The van der Waals surface area contributed by atoms with Crippen molar-refractivity contribution in [3.8, 4) is 5.75 Å². The predicted molar refractivity (Wildman–Crippen MR) is 107 cm³/mol. The van der Waals surface area contributed by atoms with Crippen LogP contribution in [0.1, 0.15) is 27.3 Å². The number of aromatic nitrogens is 1. The molecular formula is C23H13F5N2O2. The smallest absolute Gasteiger partial charge is 0.209 e. The summed E-state index contributed by atoms with van der Waals surface area (Å²) in [5, 5.41) is 0. The lowest BCUT2D eigenvalue weighted by atomic mass is 9.98. The van der Waals surface area contributed by atoms with Crippen LogP contribution in [0, 0.1) is 29.1 Å². The van der Waals surface area contributed by atoms with Crippen LogP contribution in [0.4, 0.5) is 22.0 Å². The Labute approximate surface area is 178 Å². The van der Waals surface area contributed by atoms with Gasteiger partial charge in [0, 0.05) is 23.0 Å². The maximum Gasteiger partial charge on any atom is 0.209 e. The van der Waals surface area contributed by atoms with E-state index in [0.717, 1.165) is 0 Å². The molecule has 0 saturated carbocycles. The number of rotatable bonds is 5. The second-order valence-electron chi connectivity index (χ2n) is 6.69. The van der Waals surface area contributed by atoms with E-state index < -0.39 is 40.4 Å². The molecule has 2 heterocycles. The lowest BCUT2D eigenvalue weighted by Gasteiger charge is -2.13. The first kappa shape index (κ1) is 21.2. The molecule has 0 saturated heterocycles. The van der Waals surface area contributed by atoms with Crippen LogP contribution in [0.15, 0.2) is 59.2 Å². The molecule has 4 nitrogen and oxygen atoms in total. The standard InChI is InChI=1S/C23H13F5N2O2/c1-32-12-6-4-11(5-7-12)23(31)15-9-8-14(30-15)16(13-3-2-10-29-13)17-18(24)20(26)22(28)21(27)19(17)25/h2-10,30H,1H3/b16-13+. The number of carbonyl (C=O) groups is 1. The lowest BCUT2D eigenvalue weighted by molar-refractivity contribution is 0.103. The minimum Gasteiger partial charge on any atom is -0.497 e. The number of aliphatic imine (C=N–C) groups is 1. The molecule has 1 aliphatic heterocycles. The number of aromatic amines is 1. The highest BCUT2D eigenvalue weighted by atomic mass is 19.2. The van der Waals surface area contributed by atoms with E-state index in [0.29, 0.717) is 11.3 Å². The number of ketones is 1. The molecule has 0 radical (unpaired) electrons. The molecule has 1 aliphatic rings. The van der Waals surface area contributed by atoms with E-state index in [1.165, 1.54) is 49.7 Å². The SMILES string of the molecule is COc1ccc(C(=O)c2ccc(/C(=C3/C=CC=N3)c3c(F)c(F)c(F)c(F)c3F)[nH]2)cc1. The Hall–Kier alpha value is -4.01. The second-order valence-corrected chi connectivity index (χ2v) is 6.69. The van der Waals surface area contributed by atoms with Gasteiger partial charge in [0.25, 0.3) is 0 Å². The molecule has 1 aromatic heterocycles. The fourth-order valence-electron chi connectivity index (χ4n) is 3.24. The van der Waals surface area contributed by atoms with E-state index in [9.17, 15) is 26.7 Å². The van der Waals surface area contributed by atoms with Crippen molar-refractivity contribution in [3.63, 3.8) is 0 Å². The Morgan fingerprint density at radius 2 is 1.44 bits per heavy atom.